The highest BCUT2D eigenvalue weighted by Gasteiger charge is 2.46. The molecule has 28 heavy (non-hydrogen) atoms. The Balaban J connectivity index is 1.24. The average molecular weight is 390 g/mol. The number of carbonyl (C=O) groups excluding carboxylic acids is 2. The molecule has 1 saturated heterocycles. The SMILES string of the molecule is O=C(Cc1ccc(C(F)F)cc1)N1CCN(C(=O)C2CCC3(CC2)CC3)CC1. The Morgan fingerprint density at radius 1 is 0.929 bits per heavy atom. The van der Waals surface area contributed by atoms with Gasteiger partial charge in [-0.25, -0.2) is 8.78 Å². The highest BCUT2D eigenvalue weighted by atomic mass is 19.3. The van der Waals surface area contributed by atoms with Gasteiger partial charge in [0.25, 0.3) is 6.43 Å². The van der Waals surface area contributed by atoms with Gasteiger partial charge in [-0.3, -0.25) is 9.59 Å². The second-order valence-corrected chi connectivity index (χ2v) is 8.70. The molecule has 0 unspecified atom stereocenters. The fourth-order valence-corrected chi connectivity index (χ4v) is 4.66. The van der Waals surface area contributed by atoms with E-state index in [4.69, 9.17) is 0 Å². The smallest absolute Gasteiger partial charge is 0.263 e. The number of hydrogen-bond donors (Lipinski definition) is 0. The molecule has 152 valence electrons. The topological polar surface area (TPSA) is 40.6 Å². The molecule has 3 aliphatic rings. The predicted octanol–water partition coefficient (Wildman–Crippen LogP) is 3.81. The molecule has 0 N–H and O–H groups in total. The number of hydrogen-bond acceptors (Lipinski definition) is 2. The number of nitrogens with zero attached hydrogens (tertiary/aromatic N) is 2. The van der Waals surface area contributed by atoms with Crippen LogP contribution in [0.3, 0.4) is 0 Å². The van der Waals surface area contributed by atoms with Gasteiger partial charge in [-0.1, -0.05) is 24.3 Å². The van der Waals surface area contributed by atoms with E-state index in [2.05, 4.69) is 0 Å². The van der Waals surface area contributed by atoms with E-state index in [1.165, 1.54) is 37.8 Å². The third kappa shape index (κ3) is 4.20. The first-order valence-corrected chi connectivity index (χ1v) is 10.4. The molecule has 6 heteroatoms. The third-order valence-corrected chi connectivity index (χ3v) is 6.88. The Kier molecular flexibility index (Phi) is 5.39. The molecule has 2 amide bonds. The van der Waals surface area contributed by atoms with Gasteiger partial charge in [-0.05, 0) is 49.5 Å². The van der Waals surface area contributed by atoms with E-state index >= 15 is 0 Å². The van der Waals surface area contributed by atoms with Crippen LogP contribution in [0.1, 0.15) is 56.1 Å². The lowest BCUT2D eigenvalue weighted by Crippen LogP contribution is -2.52. The van der Waals surface area contributed by atoms with Crippen molar-refractivity contribution in [2.24, 2.45) is 11.3 Å². The minimum absolute atomic E-state index is 0.00904. The molecule has 0 atom stereocenters. The quantitative estimate of drug-likeness (QED) is 0.785. The van der Waals surface area contributed by atoms with E-state index < -0.39 is 6.43 Å². The molecular weight excluding hydrogens is 362 g/mol. The molecule has 0 aromatic heterocycles. The van der Waals surface area contributed by atoms with Gasteiger partial charge in [-0.15, -0.1) is 0 Å². The zero-order chi connectivity index (χ0) is 19.7. The van der Waals surface area contributed by atoms with Crippen molar-refractivity contribution < 1.29 is 18.4 Å². The van der Waals surface area contributed by atoms with Crippen LogP contribution in [0.4, 0.5) is 8.78 Å². The molecule has 0 radical (unpaired) electrons. The summed E-state index contributed by atoms with van der Waals surface area (Å²) in [5, 5.41) is 0. The molecule has 1 aromatic rings. The van der Waals surface area contributed by atoms with Crippen LogP contribution in [-0.4, -0.2) is 47.8 Å². The highest BCUT2D eigenvalue weighted by molar-refractivity contribution is 5.81. The number of alkyl halides is 2. The van der Waals surface area contributed by atoms with Gasteiger partial charge in [0.05, 0.1) is 6.42 Å². The van der Waals surface area contributed by atoms with Crippen molar-refractivity contribution in [3.8, 4) is 0 Å². The van der Waals surface area contributed by atoms with Crippen LogP contribution in [0.25, 0.3) is 0 Å². The summed E-state index contributed by atoms with van der Waals surface area (Å²) in [4.78, 5) is 29.0. The van der Waals surface area contributed by atoms with Crippen molar-refractivity contribution in [2.75, 3.05) is 26.2 Å². The summed E-state index contributed by atoms with van der Waals surface area (Å²) < 4.78 is 25.2. The number of halogens is 2. The molecule has 2 aliphatic carbocycles. The summed E-state index contributed by atoms with van der Waals surface area (Å²) in [6, 6.07) is 5.93. The van der Waals surface area contributed by atoms with Gasteiger partial charge in [-0.2, -0.15) is 0 Å². The maximum Gasteiger partial charge on any atom is 0.263 e. The second-order valence-electron chi connectivity index (χ2n) is 8.70. The van der Waals surface area contributed by atoms with Crippen LogP contribution in [0, 0.1) is 11.3 Å². The van der Waals surface area contributed by atoms with Gasteiger partial charge in [0.15, 0.2) is 0 Å². The van der Waals surface area contributed by atoms with E-state index in [0.717, 1.165) is 18.4 Å². The third-order valence-electron chi connectivity index (χ3n) is 6.88. The van der Waals surface area contributed by atoms with Crippen molar-refractivity contribution in [1.29, 1.82) is 0 Å². The van der Waals surface area contributed by atoms with Crippen LogP contribution in [-0.2, 0) is 16.0 Å². The molecule has 3 fully saturated rings. The van der Waals surface area contributed by atoms with E-state index in [1.54, 1.807) is 17.0 Å². The van der Waals surface area contributed by atoms with Crippen LogP contribution in [0.15, 0.2) is 24.3 Å². The van der Waals surface area contributed by atoms with E-state index in [-0.39, 0.29) is 29.7 Å². The minimum atomic E-state index is -2.49. The fraction of sp³-hybridized carbons (Fsp3) is 0.636. The highest BCUT2D eigenvalue weighted by Crippen LogP contribution is 2.57. The number of benzene rings is 1. The van der Waals surface area contributed by atoms with Gasteiger partial charge in [0.2, 0.25) is 11.8 Å². The Bertz CT molecular complexity index is 713. The minimum Gasteiger partial charge on any atom is -0.339 e. The van der Waals surface area contributed by atoms with E-state index in [9.17, 15) is 18.4 Å². The summed E-state index contributed by atoms with van der Waals surface area (Å²) in [5.41, 5.74) is 1.30. The summed E-state index contributed by atoms with van der Waals surface area (Å²) in [6.45, 7) is 2.29. The lowest BCUT2D eigenvalue weighted by molar-refractivity contribution is -0.142. The normalized spacial score (nSPS) is 22.0. The van der Waals surface area contributed by atoms with Crippen LogP contribution >= 0.6 is 0 Å². The Morgan fingerprint density at radius 2 is 1.50 bits per heavy atom. The van der Waals surface area contributed by atoms with Crippen molar-refractivity contribution in [2.45, 2.75) is 51.4 Å². The number of amides is 2. The van der Waals surface area contributed by atoms with Gasteiger partial charge < -0.3 is 9.80 Å². The molecule has 4 rings (SSSR count). The molecule has 2 saturated carbocycles. The molecule has 1 spiro atoms. The van der Waals surface area contributed by atoms with Crippen molar-refractivity contribution >= 4 is 11.8 Å². The number of rotatable bonds is 4. The summed E-state index contributed by atoms with van der Waals surface area (Å²) >= 11 is 0. The number of carbonyl (C=O) groups is 2. The van der Waals surface area contributed by atoms with Crippen molar-refractivity contribution in [3.05, 3.63) is 35.4 Å². The predicted molar refractivity (Wildman–Crippen MR) is 102 cm³/mol. The Morgan fingerprint density at radius 3 is 2.04 bits per heavy atom. The van der Waals surface area contributed by atoms with Gasteiger partial charge >= 0.3 is 0 Å². The van der Waals surface area contributed by atoms with Crippen molar-refractivity contribution in [1.82, 2.24) is 9.80 Å². The summed E-state index contributed by atoms with van der Waals surface area (Å²) in [6.07, 6.45) is 4.85. The molecule has 1 aliphatic heterocycles. The first-order valence-electron chi connectivity index (χ1n) is 10.4. The molecule has 1 aromatic carbocycles. The maximum atomic E-state index is 12.8. The molecule has 0 bridgehead atoms. The average Bonchev–Trinajstić information content (AvgIpc) is 3.47. The number of piperazine rings is 1. The monoisotopic (exact) mass is 390 g/mol. The Labute approximate surface area is 164 Å². The standard InChI is InChI=1S/C22H28F2N2O2/c23-20(24)17-3-1-16(2-4-17)15-19(27)25-11-13-26(14-12-25)21(28)18-5-7-22(8-6-18)9-10-22/h1-4,18,20H,5-15H2. The lowest BCUT2D eigenvalue weighted by atomic mass is 9.79. The van der Waals surface area contributed by atoms with Crippen LogP contribution < -0.4 is 0 Å². The zero-order valence-corrected chi connectivity index (χ0v) is 16.2. The first kappa shape index (κ1) is 19.3. The Hall–Kier alpha value is -1.98. The largest absolute Gasteiger partial charge is 0.339 e. The fourth-order valence-electron chi connectivity index (χ4n) is 4.66. The van der Waals surface area contributed by atoms with Crippen molar-refractivity contribution in [3.63, 3.8) is 0 Å². The summed E-state index contributed by atoms with van der Waals surface area (Å²) in [5.74, 6) is 0.428. The molecule has 4 nitrogen and oxygen atoms in total. The van der Waals surface area contributed by atoms with Gasteiger partial charge in [0, 0.05) is 37.7 Å². The zero-order valence-electron chi connectivity index (χ0n) is 16.2. The summed E-state index contributed by atoms with van der Waals surface area (Å²) in [7, 11) is 0. The van der Waals surface area contributed by atoms with E-state index in [1.807, 2.05) is 4.90 Å². The maximum absolute atomic E-state index is 12.8. The lowest BCUT2D eigenvalue weighted by Gasteiger charge is -2.38. The van der Waals surface area contributed by atoms with Gasteiger partial charge in [0.1, 0.15) is 0 Å². The van der Waals surface area contributed by atoms with Crippen LogP contribution in [0.2, 0.25) is 0 Å². The first-order chi connectivity index (χ1) is 13.5. The molecular formula is C22H28F2N2O2. The molecule has 1 heterocycles. The second kappa shape index (κ2) is 7.80. The van der Waals surface area contributed by atoms with E-state index in [0.29, 0.717) is 31.6 Å². The van der Waals surface area contributed by atoms with Crippen LogP contribution in [0.5, 0.6) is 0 Å².